The molecule has 0 spiro atoms. The summed E-state index contributed by atoms with van der Waals surface area (Å²) in [6, 6.07) is 4.18. The van der Waals surface area contributed by atoms with E-state index in [0.717, 1.165) is 0 Å². The summed E-state index contributed by atoms with van der Waals surface area (Å²) < 4.78 is 0. The third-order valence-corrected chi connectivity index (χ3v) is 2.46. The van der Waals surface area contributed by atoms with Crippen molar-refractivity contribution in [3.8, 4) is 12.1 Å². The molecule has 0 aromatic heterocycles. The molecular weight excluding hydrogens is 256 g/mol. The maximum Gasteiger partial charge on any atom is 0.101 e. The largest absolute Gasteiger partial charge is 0.192 e. The maximum absolute atomic E-state index is 9.39. The second-order valence-electron chi connectivity index (χ2n) is 3.90. The van der Waals surface area contributed by atoms with E-state index in [1.54, 1.807) is 61.6 Å². The van der Waals surface area contributed by atoms with E-state index in [2.05, 4.69) is 31.9 Å². The van der Waals surface area contributed by atoms with Gasteiger partial charge < -0.3 is 0 Å². The van der Waals surface area contributed by atoms with Crippen LogP contribution >= 0.6 is 0 Å². The van der Waals surface area contributed by atoms with Gasteiger partial charge in [-0.2, -0.15) is 10.5 Å². The molecule has 0 saturated carbocycles. The summed E-state index contributed by atoms with van der Waals surface area (Å²) >= 11 is 0. The zero-order chi connectivity index (χ0) is 16.1. The van der Waals surface area contributed by atoms with Crippen molar-refractivity contribution in [2.24, 2.45) is 0 Å². The van der Waals surface area contributed by atoms with E-state index in [-0.39, 0.29) is 0 Å². The highest BCUT2D eigenvalue weighted by Gasteiger charge is 2.10. The summed E-state index contributed by atoms with van der Waals surface area (Å²) in [7, 11) is 0. The van der Waals surface area contributed by atoms with Gasteiger partial charge in [0.1, 0.15) is 12.1 Å². The Bertz CT molecular complexity index is 636. The van der Waals surface area contributed by atoms with Crippen molar-refractivity contribution < 1.29 is 0 Å². The summed E-state index contributed by atoms with van der Waals surface area (Å²) in [6.45, 7) is 12.6. The Morgan fingerprint density at radius 3 is 1.90 bits per heavy atom. The predicted octanol–water partition coefficient (Wildman–Crippen LogP) is 4.87. The van der Waals surface area contributed by atoms with Crippen molar-refractivity contribution >= 4 is 0 Å². The first-order valence-corrected chi connectivity index (χ1v) is 6.29. The van der Waals surface area contributed by atoms with Crippen LogP contribution in [0.4, 0.5) is 0 Å². The number of rotatable bonds is 7. The van der Waals surface area contributed by atoms with Crippen molar-refractivity contribution in [3.63, 3.8) is 0 Å². The van der Waals surface area contributed by atoms with Gasteiger partial charge in [-0.25, -0.2) is 0 Å². The maximum atomic E-state index is 9.39. The van der Waals surface area contributed by atoms with Crippen molar-refractivity contribution in [2.75, 3.05) is 0 Å². The SMILES string of the molecule is C=C\C=C/C=C(C)/C(C#N)=C(C#N)/C(/C=C\C=C)=C/C=C. The Morgan fingerprint density at radius 2 is 1.43 bits per heavy atom. The number of nitrogens with zero attached hydrogens (tertiary/aromatic N) is 2. The lowest BCUT2D eigenvalue weighted by Crippen LogP contribution is -1.93. The molecule has 21 heavy (non-hydrogen) atoms. The van der Waals surface area contributed by atoms with Gasteiger partial charge in [0.15, 0.2) is 0 Å². The molecule has 104 valence electrons. The van der Waals surface area contributed by atoms with Gasteiger partial charge in [-0.15, -0.1) is 0 Å². The van der Waals surface area contributed by atoms with Gasteiger partial charge in [0.25, 0.3) is 0 Å². The molecule has 0 saturated heterocycles. The third-order valence-electron chi connectivity index (χ3n) is 2.46. The first-order chi connectivity index (χ1) is 10.2. The normalized spacial score (nSPS) is 13.5. The fourth-order valence-electron chi connectivity index (χ4n) is 1.49. The topological polar surface area (TPSA) is 47.6 Å². The quantitative estimate of drug-likeness (QED) is 0.491. The number of hydrogen-bond donors (Lipinski definition) is 0. The Balaban J connectivity index is 6.08. The zero-order valence-corrected chi connectivity index (χ0v) is 12.2. The molecular formula is C19H18N2. The molecule has 0 aliphatic heterocycles. The highest BCUT2D eigenvalue weighted by molar-refractivity contribution is 5.61. The Labute approximate surface area is 127 Å². The number of nitriles is 2. The summed E-state index contributed by atoms with van der Waals surface area (Å²) in [5, 5.41) is 18.7. The molecule has 0 fully saturated rings. The van der Waals surface area contributed by atoms with Gasteiger partial charge in [0.05, 0.1) is 11.1 Å². The first kappa shape index (κ1) is 17.9. The van der Waals surface area contributed by atoms with Gasteiger partial charge in [-0.1, -0.05) is 74.4 Å². The van der Waals surface area contributed by atoms with Crippen molar-refractivity contribution in [2.45, 2.75) is 6.92 Å². The van der Waals surface area contributed by atoms with Crippen LogP contribution in [0.5, 0.6) is 0 Å². The molecule has 2 heteroatoms. The first-order valence-electron chi connectivity index (χ1n) is 6.29. The minimum absolute atomic E-state index is 0.302. The second-order valence-corrected chi connectivity index (χ2v) is 3.90. The van der Waals surface area contributed by atoms with Gasteiger partial charge in [0, 0.05) is 0 Å². The summed E-state index contributed by atoms with van der Waals surface area (Å²) in [4.78, 5) is 0. The molecule has 0 radical (unpaired) electrons. The highest BCUT2D eigenvalue weighted by Crippen LogP contribution is 2.21. The van der Waals surface area contributed by atoms with Crippen LogP contribution in [0.25, 0.3) is 0 Å². The molecule has 0 bridgehead atoms. The lowest BCUT2D eigenvalue weighted by atomic mass is 9.96. The highest BCUT2D eigenvalue weighted by atomic mass is 14.3. The van der Waals surface area contributed by atoms with E-state index in [9.17, 15) is 10.5 Å². The molecule has 0 heterocycles. The van der Waals surface area contributed by atoms with Crippen LogP contribution in [-0.4, -0.2) is 0 Å². The molecule has 0 aliphatic carbocycles. The standard InChI is InChI=1S/C19H18N2/c1-5-8-10-12-16(4)18(14-20)19(15-21)17(11-7-3)13-9-6-2/h5-13H,1-3H2,4H3/b10-8-,13-9-,16-12+,17-11+,19-18+. The number of hydrogen-bond acceptors (Lipinski definition) is 2. The Kier molecular flexibility index (Phi) is 9.20. The molecule has 0 atom stereocenters. The van der Waals surface area contributed by atoms with E-state index in [0.29, 0.717) is 22.3 Å². The van der Waals surface area contributed by atoms with E-state index in [4.69, 9.17) is 0 Å². The van der Waals surface area contributed by atoms with Crippen LogP contribution in [0.2, 0.25) is 0 Å². The Hall–Kier alpha value is -3.10. The smallest absolute Gasteiger partial charge is 0.101 e. The molecule has 0 aromatic rings. The van der Waals surface area contributed by atoms with Gasteiger partial charge in [-0.05, 0) is 18.1 Å². The third kappa shape index (κ3) is 6.05. The Morgan fingerprint density at radius 1 is 0.810 bits per heavy atom. The van der Waals surface area contributed by atoms with Crippen LogP contribution in [0.15, 0.2) is 96.7 Å². The van der Waals surface area contributed by atoms with Crippen molar-refractivity contribution in [1.82, 2.24) is 0 Å². The van der Waals surface area contributed by atoms with Gasteiger partial charge >= 0.3 is 0 Å². The van der Waals surface area contributed by atoms with Crippen molar-refractivity contribution in [3.05, 3.63) is 96.7 Å². The molecule has 0 aliphatic rings. The van der Waals surface area contributed by atoms with E-state index in [1.807, 2.05) is 0 Å². The van der Waals surface area contributed by atoms with Gasteiger partial charge in [0.2, 0.25) is 0 Å². The molecule has 0 amide bonds. The molecule has 0 rings (SSSR count). The van der Waals surface area contributed by atoms with E-state index >= 15 is 0 Å². The van der Waals surface area contributed by atoms with E-state index in [1.165, 1.54) is 0 Å². The minimum Gasteiger partial charge on any atom is -0.192 e. The average molecular weight is 274 g/mol. The van der Waals surface area contributed by atoms with Crippen molar-refractivity contribution in [1.29, 1.82) is 10.5 Å². The predicted molar refractivity (Wildman–Crippen MR) is 89.0 cm³/mol. The second kappa shape index (κ2) is 10.8. The summed E-state index contributed by atoms with van der Waals surface area (Å²) in [5.41, 5.74) is 1.95. The summed E-state index contributed by atoms with van der Waals surface area (Å²) in [6.07, 6.45) is 15.2. The van der Waals surface area contributed by atoms with Crippen LogP contribution in [-0.2, 0) is 0 Å². The van der Waals surface area contributed by atoms with Crippen LogP contribution < -0.4 is 0 Å². The fraction of sp³-hybridized carbons (Fsp3) is 0.0526. The average Bonchev–Trinajstić information content (AvgIpc) is 2.49. The molecule has 2 nitrogen and oxygen atoms in total. The molecule has 0 aromatic carbocycles. The lowest BCUT2D eigenvalue weighted by molar-refractivity contribution is 1.34. The number of allylic oxidation sites excluding steroid dienone is 13. The van der Waals surface area contributed by atoms with Crippen LogP contribution in [0, 0.1) is 22.7 Å². The zero-order valence-electron chi connectivity index (χ0n) is 12.2. The van der Waals surface area contributed by atoms with E-state index < -0.39 is 0 Å². The van der Waals surface area contributed by atoms with Crippen LogP contribution in [0.1, 0.15) is 6.92 Å². The monoisotopic (exact) mass is 274 g/mol. The minimum atomic E-state index is 0.302. The molecule has 0 N–H and O–H groups in total. The summed E-state index contributed by atoms with van der Waals surface area (Å²) in [5.74, 6) is 0. The van der Waals surface area contributed by atoms with Crippen LogP contribution in [0.3, 0.4) is 0 Å². The molecule has 0 unspecified atom stereocenters. The lowest BCUT2D eigenvalue weighted by Gasteiger charge is -2.04. The van der Waals surface area contributed by atoms with Gasteiger partial charge in [-0.3, -0.25) is 0 Å². The fourth-order valence-corrected chi connectivity index (χ4v) is 1.49.